The fourth-order valence-corrected chi connectivity index (χ4v) is 5.37. The molecule has 0 radical (unpaired) electrons. The molecular formula is C23H28O6. The van der Waals surface area contributed by atoms with Gasteiger partial charge in [-0.25, -0.2) is 9.59 Å². The van der Waals surface area contributed by atoms with E-state index in [-0.39, 0.29) is 28.4 Å². The third-order valence-corrected chi connectivity index (χ3v) is 6.91. The summed E-state index contributed by atoms with van der Waals surface area (Å²) in [4.78, 5) is 37.6. The highest BCUT2D eigenvalue weighted by molar-refractivity contribution is 6.05. The van der Waals surface area contributed by atoms with Crippen LogP contribution >= 0.6 is 0 Å². The zero-order valence-electron chi connectivity index (χ0n) is 17.9. The van der Waals surface area contributed by atoms with Crippen LogP contribution in [0.15, 0.2) is 12.1 Å². The molecule has 1 unspecified atom stereocenters. The Morgan fingerprint density at radius 1 is 1.00 bits per heavy atom. The van der Waals surface area contributed by atoms with Crippen molar-refractivity contribution in [3.8, 4) is 0 Å². The van der Waals surface area contributed by atoms with Crippen LogP contribution in [0.1, 0.15) is 70.5 Å². The summed E-state index contributed by atoms with van der Waals surface area (Å²) < 4.78 is 15.0. The van der Waals surface area contributed by atoms with Crippen LogP contribution in [-0.2, 0) is 24.4 Å². The first-order valence-electron chi connectivity index (χ1n) is 9.77. The van der Waals surface area contributed by atoms with E-state index < -0.39 is 17.4 Å². The van der Waals surface area contributed by atoms with Gasteiger partial charge in [-0.1, -0.05) is 25.5 Å². The molecule has 1 saturated carbocycles. The SMILES string of the molecule is COC(=O)c1cc2c(c(C)c1C(=O)OC)C=CC1[C@@](C)(C(=O)OC)CCC[C@]21C. The maximum atomic E-state index is 12.7. The fraction of sp³-hybridized carbons (Fsp3) is 0.522. The van der Waals surface area contributed by atoms with E-state index in [1.807, 2.05) is 19.9 Å². The van der Waals surface area contributed by atoms with Crippen molar-refractivity contribution in [3.05, 3.63) is 40.0 Å². The Morgan fingerprint density at radius 3 is 2.24 bits per heavy atom. The number of carbonyl (C=O) groups is 3. The molecule has 0 bridgehead atoms. The smallest absolute Gasteiger partial charge is 0.339 e. The number of benzene rings is 1. The molecule has 156 valence electrons. The maximum absolute atomic E-state index is 12.7. The number of hydrogen-bond acceptors (Lipinski definition) is 6. The second-order valence-corrected chi connectivity index (χ2v) is 8.39. The average Bonchev–Trinajstić information content (AvgIpc) is 2.71. The molecule has 1 aromatic carbocycles. The van der Waals surface area contributed by atoms with Crippen molar-refractivity contribution >= 4 is 24.0 Å². The zero-order valence-corrected chi connectivity index (χ0v) is 17.9. The third kappa shape index (κ3) is 2.96. The highest BCUT2D eigenvalue weighted by Gasteiger charge is 2.55. The van der Waals surface area contributed by atoms with Crippen LogP contribution < -0.4 is 0 Å². The minimum absolute atomic E-state index is 0.0856. The van der Waals surface area contributed by atoms with Gasteiger partial charge in [0.25, 0.3) is 0 Å². The van der Waals surface area contributed by atoms with Gasteiger partial charge in [0.1, 0.15) is 0 Å². The summed E-state index contributed by atoms with van der Waals surface area (Å²) in [5.41, 5.74) is 1.89. The number of rotatable bonds is 3. The molecule has 2 aliphatic carbocycles. The summed E-state index contributed by atoms with van der Waals surface area (Å²) in [6, 6.07) is 1.75. The van der Waals surface area contributed by atoms with Crippen molar-refractivity contribution in [1.82, 2.24) is 0 Å². The maximum Gasteiger partial charge on any atom is 0.339 e. The van der Waals surface area contributed by atoms with Crippen LogP contribution in [0.25, 0.3) is 6.08 Å². The molecular weight excluding hydrogens is 372 g/mol. The summed E-state index contributed by atoms with van der Waals surface area (Å²) in [6.07, 6.45) is 6.47. The van der Waals surface area contributed by atoms with E-state index >= 15 is 0 Å². The Labute approximate surface area is 171 Å². The quantitative estimate of drug-likeness (QED) is 0.567. The van der Waals surface area contributed by atoms with E-state index in [1.54, 1.807) is 6.07 Å². The van der Waals surface area contributed by atoms with Crippen molar-refractivity contribution in [2.75, 3.05) is 21.3 Å². The molecule has 0 aliphatic heterocycles. The summed E-state index contributed by atoms with van der Waals surface area (Å²) in [5, 5.41) is 0. The number of esters is 3. The monoisotopic (exact) mass is 400 g/mol. The fourth-order valence-electron chi connectivity index (χ4n) is 5.37. The Balaban J connectivity index is 2.28. The summed E-state index contributed by atoms with van der Waals surface area (Å²) in [7, 11) is 4.00. The van der Waals surface area contributed by atoms with Gasteiger partial charge in [0.15, 0.2) is 0 Å². The summed E-state index contributed by atoms with van der Waals surface area (Å²) in [5.74, 6) is -1.47. The third-order valence-electron chi connectivity index (χ3n) is 6.91. The minimum atomic E-state index is -0.656. The lowest BCUT2D eigenvalue weighted by Gasteiger charge is -2.52. The van der Waals surface area contributed by atoms with E-state index in [2.05, 4.69) is 13.0 Å². The lowest BCUT2D eigenvalue weighted by atomic mass is 9.51. The number of hydrogen-bond donors (Lipinski definition) is 0. The molecule has 0 amide bonds. The molecule has 2 aliphatic rings. The Morgan fingerprint density at radius 2 is 1.66 bits per heavy atom. The molecule has 1 aromatic rings. The number of allylic oxidation sites excluding steroid dienone is 1. The van der Waals surface area contributed by atoms with Gasteiger partial charge < -0.3 is 14.2 Å². The number of methoxy groups -OCH3 is 3. The van der Waals surface area contributed by atoms with Crippen LogP contribution in [0.2, 0.25) is 0 Å². The molecule has 6 nitrogen and oxygen atoms in total. The Hall–Kier alpha value is -2.63. The molecule has 0 spiro atoms. The zero-order chi connectivity index (χ0) is 21.6. The molecule has 0 saturated heterocycles. The Kier molecular flexibility index (Phi) is 5.32. The molecule has 29 heavy (non-hydrogen) atoms. The Bertz CT molecular complexity index is 914. The van der Waals surface area contributed by atoms with E-state index in [0.29, 0.717) is 5.56 Å². The minimum Gasteiger partial charge on any atom is -0.469 e. The van der Waals surface area contributed by atoms with E-state index in [1.165, 1.54) is 21.3 Å². The highest BCUT2D eigenvalue weighted by Crippen LogP contribution is 2.57. The largest absolute Gasteiger partial charge is 0.469 e. The highest BCUT2D eigenvalue weighted by atomic mass is 16.5. The number of carbonyl (C=O) groups excluding carboxylic acids is 3. The van der Waals surface area contributed by atoms with E-state index in [4.69, 9.17) is 14.2 Å². The number of ether oxygens (including phenoxy) is 3. The van der Waals surface area contributed by atoms with Crippen molar-refractivity contribution in [2.45, 2.75) is 45.4 Å². The predicted octanol–water partition coefficient (Wildman–Crippen LogP) is 3.83. The average molecular weight is 400 g/mol. The molecule has 3 rings (SSSR count). The van der Waals surface area contributed by atoms with Crippen molar-refractivity contribution in [3.63, 3.8) is 0 Å². The van der Waals surface area contributed by atoms with Gasteiger partial charge in [-0.3, -0.25) is 4.79 Å². The summed E-state index contributed by atoms with van der Waals surface area (Å²) in [6.45, 7) is 5.89. The molecule has 1 fully saturated rings. The van der Waals surface area contributed by atoms with Gasteiger partial charge in [-0.2, -0.15) is 0 Å². The standard InChI is InChI=1S/C23H28O6/c1-13-14-8-9-17-22(2,10-7-11-23(17,3)21(26)29-6)16(14)12-15(19(24)27-4)18(13)20(25)28-5/h8-9,12,17H,7,10-11H2,1-6H3/t17?,22-,23+/m1/s1. The van der Waals surface area contributed by atoms with Crippen molar-refractivity contribution in [2.24, 2.45) is 11.3 Å². The number of fused-ring (bicyclic) bond motifs is 3. The normalized spacial score (nSPS) is 27.4. The molecule has 0 heterocycles. The molecule has 3 atom stereocenters. The van der Waals surface area contributed by atoms with E-state index in [0.717, 1.165) is 30.4 Å². The molecule has 0 aromatic heterocycles. The van der Waals surface area contributed by atoms with Gasteiger partial charge in [-0.05, 0) is 49.4 Å². The predicted molar refractivity (Wildman–Crippen MR) is 108 cm³/mol. The first kappa shape index (κ1) is 21.1. The van der Waals surface area contributed by atoms with Crippen LogP contribution in [0.3, 0.4) is 0 Å². The van der Waals surface area contributed by atoms with Gasteiger partial charge in [0.05, 0.1) is 37.9 Å². The van der Waals surface area contributed by atoms with Crippen molar-refractivity contribution in [1.29, 1.82) is 0 Å². The van der Waals surface area contributed by atoms with Crippen LogP contribution in [0.4, 0.5) is 0 Å². The molecule has 6 heteroatoms. The van der Waals surface area contributed by atoms with Gasteiger partial charge >= 0.3 is 17.9 Å². The second kappa shape index (κ2) is 7.32. The first-order chi connectivity index (χ1) is 13.7. The van der Waals surface area contributed by atoms with Gasteiger partial charge in [0, 0.05) is 11.3 Å². The van der Waals surface area contributed by atoms with Gasteiger partial charge in [0.2, 0.25) is 0 Å². The first-order valence-corrected chi connectivity index (χ1v) is 9.77. The van der Waals surface area contributed by atoms with Crippen LogP contribution in [-0.4, -0.2) is 39.2 Å². The van der Waals surface area contributed by atoms with Crippen LogP contribution in [0.5, 0.6) is 0 Å². The van der Waals surface area contributed by atoms with Crippen LogP contribution in [0, 0.1) is 18.3 Å². The molecule has 0 N–H and O–H groups in total. The lowest BCUT2D eigenvalue weighted by Crippen LogP contribution is -2.51. The lowest BCUT2D eigenvalue weighted by molar-refractivity contribution is -0.158. The van der Waals surface area contributed by atoms with E-state index in [9.17, 15) is 14.4 Å². The van der Waals surface area contributed by atoms with Gasteiger partial charge in [-0.15, -0.1) is 0 Å². The second-order valence-electron chi connectivity index (χ2n) is 8.39. The van der Waals surface area contributed by atoms with Crippen molar-refractivity contribution < 1.29 is 28.6 Å². The topological polar surface area (TPSA) is 78.9 Å². The summed E-state index contributed by atoms with van der Waals surface area (Å²) >= 11 is 0.